The first kappa shape index (κ1) is 15.9. The number of rotatable bonds is 5. The maximum Gasteiger partial charge on any atom is 0.330 e. The molecule has 7 heteroatoms. The van der Waals surface area contributed by atoms with Crippen LogP contribution in [-0.4, -0.2) is 39.2 Å². The molecular weight excluding hydrogens is 306 g/mol. The van der Waals surface area contributed by atoms with Gasteiger partial charge in [0.05, 0.1) is 18.1 Å². The van der Waals surface area contributed by atoms with Crippen LogP contribution in [0, 0.1) is 0 Å². The van der Waals surface area contributed by atoms with Crippen LogP contribution in [0.25, 0.3) is 22.2 Å². The van der Waals surface area contributed by atoms with E-state index in [1.807, 2.05) is 18.2 Å². The lowest BCUT2D eigenvalue weighted by Gasteiger charge is -2.08. The fourth-order valence-electron chi connectivity index (χ4n) is 2.47. The molecule has 0 bridgehead atoms. The van der Waals surface area contributed by atoms with Crippen LogP contribution in [0.2, 0.25) is 0 Å². The molecule has 0 atom stereocenters. The van der Waals surface area contributed by atoms with Gasteiger partial charge in [0.15, 0.2) is 0 Å². The molecule has 0 unspecified atom stereocenters. The average molecular weight is 325 g/mol. The van der Waals surface area contributed by atoms with Gasteiger partial charge in [0.25, 0.3) is 0 Å². The highest BCUT2D eigenvalue weighted by molar-refractivity contribution is 5.93. The molecule has 0 spiro atoms. The summed E-state index contributed by atoms with van der Waals surface area (Å²) in [6, 6.07) is 5.69. The smallest absolute Gasteiger partial charge is 0.330 e. The number of aromatic nitrogens is 4. The molecule has 1 aromatic carbocycles. The topological polar surface area (TPSA) is 81.9 Å². The molecule has 1 N–H and O–H groups in total. The molecule has 0 saturated heterocycles. The van der Waals surface area contributed by atoms with Crippen LogP contribution in [0.15, 0.2) is 36.9 Å². The number of amides is 1. The monoisotopic (exact) mass is 325 g/mol. The summed E-state index contributed by atoms with van der Waals surface area (Å²) >= 11 is 0. The maximum absolute atomic E-state index is 12.5. The van der Waals surface area contributed by atoms with Gasteiger partial charge in [-0.05, 0) is 24.1 Å². The Balaban J connectivity index is 2.04. The van der Waals surface area contributed by atoms with Crippen LogP contribution in [0.1, 0.15) is 19.8 Å². The van der Waals surface area contributed by atoms with Crippen molar-refractivity contribution in [2.45, 2.75) is 19.8 Å². The molecule has 0 aliphatic carbocycles. The molecular formula is C17H19N5O2. The highest BCUT2D eigenvalue weighted by atomic mass is 16.5. The predicted molar refractivity (Wildman–Crippen MR) is 91.0 cm³/mol. The molecule has 0 aliphatic rings. The van der Waals surface area contributed by atoms with E-state index in [-0.39, 0.29) is 12.0 Å². The van der Waals surface area contributed by atoms with E-state index in [0.29, 0.717) is 17.6 Å². The first-order valence-corrected chi connectivity index (χ1v) is 7.84. The van der Waals surface area contributed by atoms with Gasteiger partial charge in [0.1, 0.15) is 6.33 Å². The minimum atomic E-state index is -0.246. The molecule has 0 aliphatic heterocycles. The van der Waals surface area contributed by atoms with Crippen molar-refractivity contribution in [3.05, 3.63) is 36.9 Å². The van der Waals surface area contributed by atoms with Gasteiger partial charge in [0.2, 0.25) is 0 Å². The van der Waals surface area contributed by atoms with Crippen molar-refractivity contribution in [3.63, 3.8) is 0 Å². The average Bonchev–Trinajstić information content (AvgIpc) is 3.00. The number of fused-ring (bicyclic) bond motifs is 1. The number of nitrogens with one attached hydrogen (secondary N) is 1. The van der Waals surface area contributed by atoms with E-state index >= 15 is 0 Å². The summed E-state index contributed by atoms with van der Waals surface area (Å²) in [4.78, 5) is 25.0. The van der Waals surface area contributed by atoms with E-state index in [1.165, 1.54) is 18.0 Å². The molecule has 0 saturated carbocycles. The SMILES string of the molecule is CCCCNC(=O)n1c(OC)nc2ccc(-c3cncnc3)cc21. The second kappa shape index (κ2) is 7.08. The number of imidazole rings is 1. The van der Waals surface area contributed by atoms with Crippen LogP contribution < -0.4 is 10.1 Å². The Morgan fingerprint density at radius 1 is 1.25 bits per heavy atom. The number of carbonyl (C=O) groups excluding carboxylic acids is 1. The van der Waals surface area contributed by atoms with E-state index in [2.05, 4.69) is 27.2 Å². The number of carbonyl (C=O) groups is 1. The largest absolute Gasteiger partial charge is 0.468 e. The fraction of sp³-hybridized carbons (Fsp3) is 0.294. The molecule has 0 radical (unpaired) electrons. The molecule has 0 fully saturated rings. The second-order valence-corrected chi connectivity index (χ2v) is 5.35. The Labute approximate surface area is 139 Å². The number of hydrogen-bond donors (Lipinski definition) is 1. The lowest BCUT2D eigenvalue weighted by atomic mass is 10.1. The Bertz CT molecular complexity index is 845. The van der Waals surface area contributed by atoms with Gasteiger partial charge in [0, 0.05) is 24.5 Å². The first-order chi connectivity index (χ1) is 11.7. The van der Waals surface area contributed by atoms with Crippen molar-refractivity contribution in [2.75, 3.05) is 13.7 Å². The summed E-state index contributed by atoms with van der Waals surface area (Å²) in [5, 5.41) is 2.89. The van der Waals surface area contributed by atoms with E-state index in [9.17, 15) is 4.79 Å². The van der Waals surface area contributed by atoms with Crippen molar-refractivity contribution in [1.82, 2.24) is 24.8 Å². The molecule has 7 nitrogen and oxygen atoms in total. The molecule has 124 valence electrons. The Morgan fingerprint density at radius 2 is 2.04 bits per heavy atom. The van der Waals surface area contributed by atoms with Gasteiger partial charge in [-0.25, -0.2) is 19.3 Å². The van der Waals surface area contributed by atoms with Crippen molar-refractivity contribution in [3.8, 4) is 17.1 Å². The number of benzene rings is 1. The van der Waals surface area contributed by atoms with Crippen LogP contribution in [0.5, 0.6) is 6.01 Å². The van der Waals surface area contributed by atoms with E-state index in [1.54, 1.807) is 12.4 Å². The normalized spacial score (nSPS) is 10.8. The highest BCUT2D eigenvalue weighted by Crippen LogP contribution is 2.26. The highest BCUT2D eigenvalue weighted by Gasteiger charge is 2.18. The summed E-state index contributed by atoms with van der Waals surface area (Å²) in [6.45, 7) is 2.69. The number of methoxy groups -OCH3 is 1. The van der Waals surface area contributed by atoms with Gasteiger partial charge in [-0.1, -0.05) is 19.4 Å². The zero-order valence-electron chi connectivity index (χ0n) is 13.7. The summed E-state index contributed by atoms with van der Waals surface area (Å²) in [6.07, 6.45) is 6.88. The Kier molecular flexibility index (Phi) is 4.69. The zero-order valence-corrected chi connectivity index (χ0v) is 13.7. The number of unbranched alkanes of at least 4 members (excludes halogenated alkanes) is 1. The lowest BCUT2D eigenvalue weighted by molar-refractivity contribution is 0.239. The quantitative estimate of drug-likeness (QED) is 0.729. The van der Waals surface area contributed by atoms with Crippen molar-refractivity contribution < 1.29 is 9.53 Å². The minimum Gasteiger partial charge on any atom is -0.468 e. The Morgan fingerprint density at radius 3 is 2.75 bits per heavy atom. The molecule has 1 amide bonds. The van der Waals surface area contributed by atoms with Gasteiger partial charge < -0.3 is 10.1 Å². The third-order valence-corrected chi connectivity index (χ3v) is 3.71. The lowest BCUT2D eigenvalue weighted by Crippen LogP contribution is -2.29. The first-order valence-electron chi connectivity index (χ1n) is 7.84. The molecule has 2 heterocycles. The van der Waals surface area contributed by atoms with Crippen LogP contribution in [0.4, 0.5) is 4.79 Å². The summed E-state index contributed by atoms with van der Waals surface area (Å²) in [7, 11) is 1.50. The Hall–Kier alpha value is -2.96. The van der Waals surface area contributed by atoms with E-state index in [0.717, 1.165) is 24.0 Å². The minimum absolute atomic E-state index is 0.246. The standard InChI is InChI=1S/C17H19N5O2/c1-3-4-7-20-16(23)22-15-8-12(13-9-18-11-19-10-13)5-6-14(15)21-17(22)24-2/h5-6,8-11H,3-4,7H2,1-2H3,(H,20,23). The van der Waals surface area contributed by atoms with Crippen molar-refractivity contribution >= 4 is 17.1 Å². The van der Waals surface area contributed by atoms with Gasteiger partial charge in [-0.3, -0.25) is 0 Å². The third kappa shape index (κ3) is 3.05. The number of ether oxygens (including phenoxy) is 1. The van der Waals surface area contributed by atoms with Gasteiger partial charge in [-0.2, -0.15) is 4.98 Å². The van der Waals surface area contributed by atoms with Crippen molar-refractivity contribution in [1.29, 1.82) is 0 Å². The number of hydrogen-bond acceptors (Lipinski definition) is 5. The fourth-order valence-corrected chi connectivity index (χ4v) is 2.47. The molecule has 3 rings (SSSR count). The van der Waals surface area contributed by atoms with Gasteiger partial charge >= 0.3 is 12.0 Å². The van der Waals surface area contributed by atoms with E-state index in [4.69, 9.17) is 4.74 Å². The molecule has 2 aromatic heterocycles. The second-order valence-electron chi connectivity index (χ2n) is 5.35. The maximum atomic E-state index is 12.5. The molecule has 24 heavy (non-hydrogen) atoms. The predicted octanol–water partition coefficient (Wildman–Crippen LogP) is 2.86. The summed E-state index contributed by atoms with van der Waals surface area (Å²) < 4.78 is 6.73. The van der Waals surface area contributed by atoms with Crippen LogP contribution in [0.3, 0.4) is 0 Å². The summed E-state index contributed by atoms with van der Waals surface area (Å²) in [5.41, 5.74) is 3.16. The third-order valence-electron chi connectivity index (χ3n) is 3.71. The van der Waals surface area contributed by atoms with E-state index < -0.39 is 0 Å². The van der Waals surface area contributed by atoms with Crippen LogP contribution in [-0.2, 0) is 0 Å². The molecule has 3 aromatic rings. The van der Waals surface area contributed by atoms with Crippen molar-refractivity contribution in [2.24, 2.45) is 0 Å². The van der Waals surface area contributed by atoms with Gasteiger partial charge in [-0.15, -0.1) is 0 Å². The zero-order chi connectivity index (χ0) is 16.9. The number of nitrogens with zero attached hydrogens (tertiary/aromatic N) is 4. The van der Waals surface area contributed by atoms with Crippen LogP contribution >= 0.6 is 0 Å². The summed E-state index contributed by atoms with van der Waals surface area (Å²) in [5.74, 6) is 0.